The molecule has 0 spiro atoms. The van der Waals surface area contributed by atoms with Gasteiger partial charge in [-0.15, -0.1) is 0 Å². The van der Waals surface area contributed by atoms with Crippen molar-refractivity contribution >= 4 is 16.8 Å². The zero-order valence-electron chi connectivity index (χ0n) is 13.4. The van der Waals surface area contributed by atoms with Crippen LogP contribution >= 0.6 is 0 Å². The van der Waals surface area contributed by atoms with Gasteiger partial charge in [-0.25, -0.2) is 4.79 Å². The first-order valence-electron chi connectivity index (χ1n) is 8.31. The lowest BCUT2D eigenvalue weighted by atomic mass is 10.0. The minimum atomic E-state index is -0.110. The number of rotatable bonds is 3. The third-order valence-electron chi connectivity index (χ3n) is 4.60. The molecule has 5 heteroatoms. The SMILES string of the molecule is O=C(NCc1cccc2ccccc12)NC1CCn2nccc2C1. The van der Waals surface area contributed by atoms with Crippen molar-refractivity contribution in [2.24, 2.45) is 0 Å². The maximum absolute atomic E-state index is 12.2. The Labute approximate surface area is 140 Å². The van der Waals surface area contributed by atoms with Crippen LogP contribution in [0.25, 0.3) is 10.8 Å². The first-order valence-corrected chi connectivity index (χ1v) is 8.31. The Morgan fingerprint density at radius 1 is 1.17 bits per heavy atom. The third kappa shape index (κ3) is 2.97. The molecule has 3 aromatic rings. The summed E-state index contributed by atoms with van der Waals surface area (Å²) in [4.78, 5) is 12.2. The fourth-order valence-electron chi connectivity index (χ4n) is 3.35. The molecule has 0 aliphatic carbocycles. The van der Waals surface area contributed by atoms with Crippen molar-refractivity contribution in [3.05, 3.63) is 66.0 Å². The van der Waals surface area contributed by atoms with Crippen molar-refractivity contribution in [2.75, 3.05) is 0 Å². The molecule has 1 aliphatic heterocycles. The van der Waals surface area contributed by atoms with Gasteiger partial charge in [0.05, 0.1) is 0 Å². The van der Waals surface area contributed by atoms with E-state index >= 15 is 0 Å². The molecule has 1 unspecified atom stereocenters. The largest absolute Gasteiger partial charge is 0.335 e. The number of carbonyl (C=O) groups is 1. The maximum Gasteiger partial charge on any atom is 0.315 e. The van der Waals surface area contributed by atoms with Crippen LogP contribution in [0.4, 0.5) is 4.79 Å². The van der Waals surface area contributed by atoms with Crippen LogP contribution in [-0.4, -0.2) is 21.9 Å². The Morgan fingerprint density at radius 2 is 2.04 bits per heavy atom. The minimum absolute atomic E-state index is 0.110. The highest BCUT2D eigenvalue weighted by atomic mass is 16.2. The Morgan fingerprint density at radius 3 is 3.00 bits per heavy atom. The monoisotopic (exact) mass is 320 g/mol. The van der Waals surface area contributed by atoms with E-state index < -0.39 is 0 Å². The summed E-state index contributed by atoms with van der Waals surface area (Å²) in [5.41, 5.74) is 2.31. The third-order valence-corrected chi connectivity index (χ3v) is 4.60. The van der Waals surface area contributed by atoms with Gasteiger partial charge in [0.1, 0.15) is 0 Å². The summed E-state index contributed by atoms with van der Waals surface area (Å²) in [5, 5.41) is 12.7. The fraction of sp³-hybridized carbons (Fsp3) is 0.263. The number of aromatic nitrogens is 2. The van der Waals surface area contributed by atoms with Gasteiger partial charge in [0.2, 0.25) is 0 Å². The number of hydrogen-bond acceptors (Lipinski definition) is 2. The predicted molar refractivity (Wildman–Crippen MR) is 93.7 cm³/mol. The van der Waals surface area contributed by atoms with Gasteiger partial charge in [-0.05, 0) is 28.8 Å². The summed E-state index contributed by atoms with van der Waals surface area (Å²) >= 11 is 0. The molecule has 2 aromatic carbocycles. The molecular weight excluding hydrogens is 300 g/mol. The van der Waals surface area contributed by atoms with E-state index in [-0.39, 0.29) is 12.1 Å². The number of aryl methyl sites for hydroxylation is 1. The molecule has 1 aliphatic rings. The van der Waals surface area contributed by atoms with Gasteiger partial charge < -0.3 is 10.6 Å². The van der Waals surface area contributed by atoms with E-state index in [0.29, 0.717) is 6.54 Å². The number of fused-ring (bicyclic) bond motifs is 2. The summed E-state index contributed by atoms with van der Waals surface area (Å²) in [6.07, 6.45) is 3.57. The maximum atomic E-state index is 12.2. The van der Waals surface area contributed by atoms with Crippen LogP contribution < -0.4 is 10.6 Å². The van der Waals surface area contributed by atoms with E-state index in [4.69, 9.17) is 0 Å². The standard InChI is InChI=1S/C19H20N4O/c24-19(22-16-9-11-23-17(12-16)8-10-21-23)20-13-15-6-3-5-14-4-1-2-7-18(14)15/h1-8,10,16H,9,11-13H2,(H2,20,22,24). The van der Waals surface area contributed by atoms with E-state index in [1.165, 1.54) is 16.5 Å². The first kappa shape index (κ1) is 14.8. The van der Waals surface area contributed by atoms with Crippen molar-refractivity contribution in [1.82, 2.24) is 20.4 Å². The zero-order chi connectivity index (χ0) is 16.4. The summed E-state index contributed by atoms with van der Waals surface area (Å²) in [7, 11) is 0. The van der Waals surface area contributed by atoms with Crippen LogP contribution in [0.3, 0.4) is 0 Å². The molecule has 0 fully saturated rings. The van der Waals surface area contributed by atoms with E-state index in [0.717, 1.165) is 24.9 Å². The number of hydrogen-bond donors (Lipinski definition) is 2. The van der Waals surface area contributed by atoms with E-state index in [2.05, 4.69) is 40.0 Å². The van der Waals surface area contributed by atoms with Crippen molar-refractivity contribution in [3.63, 3.8) is 0 Å². The Balaban J connectivity index is 1.37. The highest BCUT2D eigenvalue weighted by Crippen LogP contribution is 2.18. The van der Waals surface area contributed by atoms with Gasteiger partial charge in [0, 0.05) is 37.4 Å². The molecule has 0 bridgehead atoms. The van der Waals surface area contributed by atoms with Crippen LogP contribution in [0, 0.1) is 0 Å². The molecule has 2 amide bonds. The predicted octanol–water partition coefficient (Wildman–Crippen LogP) is 2.85. The van der Waals surface area contributed by atoms with Crippen LogP contribution in [0.2, 0.25) is 0 Å². The number of nitrogens with zero attached hydrogens (tertiary/aromatic N) is 2. The topological polar surface area (TPSA) is 59.0 Å². The number of amides is 2. The van der Waals surface area contributed by atoms with Gasteiger partial charge >= 0.3 is 6.03 Å². The lowest BCUT2D eigenvalue weighted by Crippen LogP contribution is -2.45. The summed E-state index contributed by atoms with van der Waals surface area (Å²) in [5.74, 6) is 0. The van der Waals surface area contributed by atoms with Crippen LogP contribution in [0.15, 0.2) is 54.7 Å². The lowest BCUT2D eigenvalue weighted by molar-refractivity contribution is 0.233. The second-order valence-corrected chi connectivity index (χ2v) is 6.20. The second-order valence-electron chi connectivity index (χ2n) is 6.20. The van der Waals surface area contributed by atoms with Crippen molar-refractivity contribution < 1.29 is 4.79 Å². The van der Waals surface area contributed by atoms with Gasteiger partial charge in [-0.2, -0.15) is 5.10 Å². The molecule has 0 saturated carbocycles. The van der Waals surface area contributed by atoms with Crippen LogP contribution in [0.1, 0.15) is 17.7 Å². The van der Waals surface area contributed by atoms with Gasteiger partial charge in [0.25, 0.3) is 0 Å². The van der Waals surface area contributed by atoms with Crippen molar-refractivity contribution in [1.29, 1.82) is 0 Å². The normalized spacial score (nSPS) is 16.6. The van der Waals surface area contributed by atoms with Gasteiger partial charge in [-0.1, -0.05) is 42.5 Å². The molecule has 0 saturated heterocycles. The lowest BCUT2D eigenvalue weighted by Gasteiger charge is -2.24. The van der Waals surface area contributed by atoms with Crippen LogP contribution in [-0.2, 0) is 19.5 Å². The summed E-state index contributed by atoms with van der Waals surface area (Å²) < 4.78 is 2.01. The van der Waals surface area contributed by atoms with Crippen molar-refractivity contribution in [2.45, 2.75) is 32.0 Å². The molecule has 4 rings (SSSR count). The molecule has 0 radical (unpaired) electrons. The molecule has 24 heavy (non-hydrogen) atoms. The van der Waals surface area contributed by atoms with E-state index in [9.17, 15) is 4.79 Å². The van der Waals surface area contributed by atoms with E-state index in [1.807, 2.05) is 35.1 Å². The molecule has 5 nitrogen and oxygen atoms in total. The number of urea groups is 1. The molecule has 1 aromatic heterocycles. The number of carbonyl (C=O) groups excluding carboxylic acids is 1. The average molecular weight is 320 g/mol. The van der Waals surface area contributed by atoms with Gasteiger partial charge in [0.15, 0.2) is 0 Å². The highest BCUT2D eigenvalue weighted by molar-refractivity contribution is 5.86. The van der Waals surface area contributed by atoms with Crippen molar-refractivity contribution in [3.8, 4) is 0 Å². The van der Waals surface area contributed by atoms with Gasteiger partial charge in [-0.3, -0.25) is 4.68 Å². The molecular formula is C19H20N4O. The Bertz CT molecular complexity index is 865. The highest BCUT2D eigenvalue weighted by Gasteiger charge is 2.20. The molecule has 2 heterocycles. The second kappa shape index (κ2) is 6.35. The zero-order valence-corrected chi connectivity index (χ0v) is 13.4. The number of nitrogens with one attached hydrogen (secondary N) is 2. The fourth-order valence-corrected chi connectivity index (χ4v) is 3.35. The van der Waals surface area contributed by atoms with Crippen LogP contribution in [0.5, 0.6) is 0 Å². The minimum Gasteiger partial charge on any atom is -0.335 e. The molecule has 1 atom stereocenters. The average Bonchev–Trinajstić information content (AvgIpc) is 3.07. The summed E-state index contributed by atoms with van der Waals surface area (Å²) in [6.45, 7) is 1.38. The van der Waals surface area contributed by atoms with E-state index in [1.54, 1.807) is 0 Å². The Kier molecular flexibility index (Phi) is 3.91. The Hall–Kier alpha value is -2.82. The molecule has 122 valence electrons. The number of benzene rings is 2. The quantitative estimate of drug-likeness (QED) is 0.779. The summed E-state index contributed by atoms with van der Waals surface area (Å²) in [6, 6.07) is 16.5. The smallest absolute Gasteiger partial charge is 0.315 e. The molecule has 2 N–H and O–H groups in total. The first-order chi connectivity index (χ1) is 11.8.